The molecule has 50 valence electrons. The molecule has 0 aromatic carbocycles. The highest BCUT2D eigenvalue weighted by Crippen LogP contribution is 2.10. The summed E-state index contributed by atoms with van der Waals surface area (Å²) in [5.41, 5.74) is 0.168. The van der Waals surface area contributed by atoms with E-state index in [2.05, 4.69) is 6.08 Å². The molecule has 1 aliphatic rings. The van der Waals surface area contributed by atoms with Crippen molar-refractivity contribution in [1.82, 2.24) is 0 Å². The van der Waals surface area contributed by atoms with Gasteiger partial charge in [0.15, 0.2) is 0 Å². The van der Waals surface area contributed by atoms with Crippen LogP contribution in [0.4, 0.5) is 4.39 Å². The van der Waals surface area contributed by atoms with E-state index in [1.807, 2.05) is 0 Å². The van der Waals surface area contributed by atoms with Gasteiger partial charge in [-0.25, -0.2) is 0 Å². The summed E-state index contributed by atoms with van der Waals surface area (Å²) in [4.78, 5) is 0. The molecule has 1 rings (SSSR count). The van der Waals surface area contributed by atoms with Crippen LogP contribution in [0.2, 0.25) is 0 Å². The van der Waals surface area contributed by atoms with Crippen LogP contribution >= 0.6 is 0 Å². The second-order valence-corrected chi connectivity index (χ2v) is 1.84. The Kier molecular flexibility index (Phi) is 1.97. The summed E-state index contributed by atoms with van der Waals surface area (Å²) in [6.45, 7) is 0. The van der Waals surface area contributed by atoms with Crippen LogP contribution in [0.25, 0.3) is 0 Å². The van der Waals surface area contributed by atoms with Gasteiger partial charge in [0.1, 0.15) is 11.5 Å². The highest BCUT2D eigenvalue weighted by molar-refractivity contribution is 6.51. The van der Waals surface area contributed by atoms with E-state index in [0.717, 1.165) is 12.2 Å². The van der Waals surface area contributed by atoms with Gasteiger partial charge in [-0.2, -0.15) is 0 Å². The Morgan fingerprint density at radius 1 is 1.40 bits per heavy atom. The minimum Gasteiger partial charge on any atom is -0.421 e. The smallest absolute Gasteiger partial charge is 0.421 e. The van der Waals surface area contributed by atoms with Gasteiger partial charge in [-0.05, 0) is 0 Å². The van der Waals surface area contributed by atoms with Crippen molar-refractivity contribution in [2.24, 2.45) is 0 Å². The van der Waals surface area contributed by atoms with E-state index < -0.39 is 12.9 Å². The molecule has 1 aliphatic carbocycles. The van der Waals surface area contributed by atoms with E-state index in [1.165, 1.54) is 6.08 Å². The van der Waals surface area contributed by atoms with Crippen LogP contribution in [0.1, 0.15) is 0 Å². The van der Waals surface area contributed by atoms with Crippen LogP contribution in [-0.2, 0) is 0 Å². The molecule has 0 aromatic heterocycles. The summed E-state index contributed by atoms with van der Waals surface area (Å²) < 4.78 is 12.2. The fraction of sp³-hybridized carbons (Fsp3) is 0. The average molecular weight is 139 g/mol. The zero-order chi connectivity index (χ0) is 7.56. The molecule has 0 aromatic rings. The van der Waals surface area contributed by atoms with E-state index in [9.17, 15) is 4.39 Å². The van der Waals surface area contributed by atoms with Gasteiger partial charge in [-0.3, -0.25) is 0 Å². The minimum atomic E-state index is -1.57. The minimum absolute atomic E-state index is 0.168. The number of hydrogen-bond acceptors (Lipinski definition) is 2. The summed E-state index contributed by atoms with van der Waals surface area (Å²) in [6, 6.07) is 0. The zero-order valence-electron chi connectivity index (χ0n) is 5.08. The first-order chi connectivity index (χ1) is 4.70. The lowest BCUT2D eigenvalue weighted by Gasteiger charge is -1.91. The Morgan fingerprint density at radius 2 is 2.10 bits per heavy atom. The van der Waals surface area contributed by atoms with Crippen molar-refractivity contribution in [3.63, 3.8) is 0 Å². The van der Waals surface area contributed by atoms with Crippen LogP contribution in [0, 0.1) is 6.08 Å². The predicted molar refractivity (Wildman–Crippen MR) is 35.3 cm³/mol. The van der Waals surface area contributed by atoms with Gasteiger partial charge in [0.25, 0.3) is 0 Å². The number of halogens is 1. The molecule has 0 heterocycles. The zero-order valence-corrected chi connectivity index (χ0v) is 5.08. The molecule has 0 unspecified atom stereocenters. The lowest BCUT2D eigenvalue weighted by atomic mass is 9.78. The summed E-state index contributed by atoms with van der Waals surface area (Å²) in [6.07, 6.45) is 5.82. The molecule has 0 aliphatic heterocycles. The number of rotatable bonds is 1. The first kappa shape index (κ1) is 7.16. The second-order valence-electron chi connectivity index (χ2n) is 1.84. The van der Waals surface area contributed by atoms with Crippen LogP contribution in [0.5, 0.6) is 0 Å². The Labute approximate surface area is 58.1 Å². The van der Waals surface area contributed by atoms with Crippen molar-refractivity contribution >= 4 is 7.12 Å². The van der Waals surface area contributed by atoms with Crippen LogP contribution in [0.3, 0.4) is 0 Å². The largest absolute Gasteiger partial charge is 0.526 e. The van der Waals surface area contributed by atoms with E-state index in [4.69, 9.17) is 10.0 Å². The quantitative estimate of drug-likeness (QED) is 0.401. The molecule has 0 spiro atoms. The molecular formula is C6H5BFO2+. The van der Waals surface area contributed by atoms with Crippen molar-refractivity contribution in [3.05, 3.63) is 35.6 Å². The first-order valence-corrected chi connectivity index (χ1v) is 2.73. The molecule has 4 heteroatoms. The lowest BCUT2D eigenvalue weighted by molar-refractivity contribution is 0.420. The number of allylic oxidation sites excluding steroid dienone is 6. The highest BCUT2D eigenvalue weighted by Gasteiger charge is 2.21. The van der Waals surface area contributed by atoms with Crippen LogP contribution in [-0.4, -0.2) is 17.2 Å². The third kappa shape index (κ3) is 1.51. The van der Waals surface area contributed by atoms with Crippen LogP contribution in [0.15, 0.2) is 29.5 Å². The predicted octanol–water partition coefficient (Wildman–Crippen LogP) is 0.151. The van der Waals surface area contributed by atoms with Gasteiger partial charge < -0.3 is 10.0 Å². The Hall–Kier alpha value is -0.955. The topological polar surface area (TPSA) is 40.5 Å². The molecular weight excluding hydrogens is 134 g/mol. The molecule has 0 amide bonds. The van der Waals surface area contributed by atoms with E-state index in [1.54, 1.807) is 0 Å². The summed E-state index contributed by atoms with van der Waals surface area (Å²) in [7, 11) is -1.57. The standard InChI is InChI=1S/C6H5BFO2/c8-6-3-1-5(2-4-6)7(9)10/h1,3-4,9-10H/q+1. The van der Waals surface area contributed by atoms with E-state index >= 15 is 0 Å². The molecule has 0 atom stereocenters. The molecule has 0 saturated carbocycles. The normalized spacial score (nSPS) is 15.5. The fourth-order valence-corrected chi connectivity index (χ4v) is 0.578. The summed E-state index contributed by atoms with van der Waals surface area (Å²) in [5.74, 6) is -0.440. The van der Waals surface area contributed by atoms with Crippen molar-refractivity contribution in [1.29, 1.82) is 0 Å². The van der Waals surface area contributed by atoms with Crippen LogP contribution < -0.4 is 0 Å². The van der Waals surface area contributed by atoms with Gasteiger partial charge in [-0.15, -0.1) is 4.39 Å². The average Bonchev–Trinajstić information content (AvgIpc) is 1.88. The molecule has 10 heavy (non-hydrogen) atoms. The fourth-order valence-electron chi connectivity index (χ4n) is 0.578. The summed E-state index contributed by atoms with van der Waals surface area (Å²) >= 11 is 0. The molecule has 0 bridgehead atoms. The molecule has 0 saturated heterocycles. The van der Waals surface area contributed by atoms with Gasteiger partial charge >= 0.3 is 7.12 Å². The Balaban J connectivity index is 2.78. The Bertz CT molecular complexity index is 218. The lowest BCUT2D eigenvalue weighted by Crippen LogP contribution is -2.14. The molecule has 0 fully saturated rings. The van der Waals surface area contributed by atoms with Crippen molar-refractivity contribution < 1.29 is 14.4 Å². The van der Waals surface area contributed by atoms with E-state index in [-0.39, 0.29) is 5.47 Å². The van der Waals surface area contributed by atoms with Crippen molar-refractivity contribution in [2.45, 2.75) is 0 Å². The maximum Gasteiger partial charge on any atom is 0.526 e. The SMILES string of the molecule is OB(O)C1=[C+]C=C(F)C=C1. The highest BCUT2D eigenvalue weighted by atomic mass is 19.1. The van der Waals surface area contributed by atoms with Gasteiger partial charge in [0.05, 0.1) is 12.2 Å². The maximum absolute atomic E-state index is 12.2. The van der Waals surface area contributed by atoms with Gasteiger partial charge in [-0.1, -0.05) is 0 Å². The third-order valence-electron chi connectivity index (χ3n) is 1.08. The Morgan fingerprint density at radius 3 is 2.50 bits per heavy atom. The molecule has 2 N–H and O–H groups in total. The van der Waals surface area contributed by atoms with Crippen molar-refractivity contribution in [3.8, 4) is 0 Å². The van der Waals surface area contributed by atoms with E-state index in [0.29, 0.717) is 0 Å². The molecule has 2 nitrogen and oxygen atoms in total. The maximum atomic E-state index is 12.2. The third-order valence-corrected chi connectivity index (χ3v) is 1.08. The van der Waals surface area contributed by atoms with Gasteiger partial charge in [0.2, 0.25) is 5.83 Å². The molecule has 0 radical (unpaired) electrons. The van der Waals surface area contributed by atoms with Crippen molar-refractivity contribution in [2.75, 3.05) is 0 Å². The first-order valence-electron chi connectivity index (χ1n) is 2.73. The van der Waals surface area contributed by atoms with Gasteiger partial charge in [0, 0.05) is 6.08 Å². The summed E-state index contributed by atoms with van der Waals surface area (Å²) in [5, 5.41) is 17.0. The number of hydrogen-bond donors (Lipinski definition) is 2. The second kappa shape index (κ2) is 2.75. The monoisotopic (exact) mass is 139 g/mol.